The molecule has 0 fully saturated rings. The molecule has 0 amide bonds. The molecule has 2 heterocycles. The van der Waals surface area contributed by atoms with E-state index >= 15 is 0 Å². The minimum Gasteiger partial charge on any atom is -0.310 e. The van der Waals surface area contributed by atoms with Gasteiger partial charge in [0.05, 0.1) is 12.4 Å². The van der Waals surface area contributed by atoms with Gasteiger partial charge in [0.15, 0.2) is 0 Å². The van der Waals surface area contributed by atoms with Crippen LogP contribution in [0.3, 0.4) is 0 Å². The van der Waals surface area contributed by atoms with Crippen LogP contribution in [0, 0.1) is 6.92 Å². The maximum atomic E-state index is 4.30. The van der Waals surface area contributed by atoms with Crippen LogP contribution in [-0.2, 0) is 13.0 Å². The highest BCUT2D eigenvalue weighted by Crippen LogP contribution is 2.11. The maximum Gasteiger partial charge on any atom is 0.0537 e. The molecular formula is C14H23N5. The predicted molar refractivity (Wildman–Crippen MR) is 76.0 cm³/mol. The Morgan fingerprint density at radius 1 is 1.42 bits per heavy atom. The van der Waals surface area contributed by atoms with E-state index < -0.39 is 0 Å². The molecule has 0 bridgehead atoms. The lowest BCUT2D eigenvalue weighted by molar-refractivity contribution is 0.557. The predicted octanol–water partition coefficient (Wildman–Crippen LogP) is 2.22. The van der Waals surface area contributed by atoms with Crippen LogP contribution in [0.25, 0.3) is 0 Å². The Hall–Kier alpha value is -1.62. The van der Waals surface area contributed by atoms with Gasteiger partial charge in [-0.3, -0.25) is 9.78 Å². The van der Waals surface area contributed by atoms with Crippen molar-refractivity contribution in [2.75, 3.05) is 6.54 Å². The Bertz CT molecular complexity index is 499. The van der Waals surface area contributed by atoms with Gasteiger partial charge in [-0.1, -0.05) is 0 Å². The fraction of sp³-hybridized carbons (Fsp3) is 0.571. The standard InChI is InChI=1S/C14H23N5/c1-4-19-10-14(9-17-19)11(2)15-7-5-6-13-8-16-18-12(13)3/h8-11,15H,4-7H2,1-3H3,(H,16,18). The van der Waals surface area contributed by atoms with Crippen molar-refractivity contribution in [3.63, 3.8) is 0 Å². The molecular weight excluding hydrogens is 238 g/mol. The molecule has 1 atom stereocenters. The van der Waals surface area contributed by atoms with Gasteiger partial charge in [0.25, 0.3) is 0 Å². The Labute approximate surface area is 114 Å². The highest BCUT2D eigenvalue weighted by molar-refractivity contribution is 5.14. The van der Waals surface area contributed by atoms with E-state index in [0.717, 1.165) is 25.9 Å². The van der Waals surface area contributed by atoms with Crippen molar-refractivity contribution in [2.45, 2.75) is 46.2 Å². The molecule has 2 N–H and O–H groups in total. The summed E-state index contributed by atoms with van der Waals surface area (Å²) >= 11 is 0. The van der Waals surface area contributed by atoms with Gasteiger partial charge in [-0.15, -0.1) is 0 Å². The fourth-order valence-corrected chi connectivity index (χ4v) is 2.12. The van der Waals surface area contributed by atoms with Crippen LogP contribution in [0.1, 0.15) is 43.1 Å². The zero-order valence-corrected chi connectivity index (χ0v) is 12.0. The second-order valence-electron chi connectivity index (χ2n) is 4.93. The van der Waals surface area contributed by atoms with E-state index in [4.69, 9.17) is 0 Å². The first-order valence-electron chi connectivity index (χ1n) is 6.95. The van der Waals surface area contributed by atoms with Gasteiger partial charge in [-0.2, -0.15) is 10.2 Å². The largest absolute Gasteiger partial charge is 0.310 e. The topological polar surface area (TPSA) is 58.5 Å². The van der Waals surface area contributed by atoms with Crippen LogP contribution in [0.15, 0.2) is 18.6 Å². The normalized spacial score (nSPS) is 12.8. The van der Waals surface area contributed by atoms with E-state index in [-0.39, 0.29) is 0 Å². The summed E-state index contributed by atoms with van der Waals surface area (Å²) in [7, 11) is 0. The molecule has 2 aromatic rings. The van der Waals surface area contributed by atoms with Crippen molar-refractivity contribution in [3.05, 3.63) is 35.4 Å². The first-order valence-corrected chi connectivity index (χ1v) is 6.95. The summed E-state index contributed by atoms with van der Waals surface area (Å²) in [5.41, 5.74) is 3.74. The summed E-state index contributed by atoms with van der Waals surface area (Å²) in [6.07, 6.45) is 8.16. The molecule has 0 saturated carbocycles. The molecule has 19 heavy (non-hydrogen) atoms. The van der Waals surface area contributed by atoms with E-state index in [1.165, 1.54) is 16.8 Å². The number of aromatic nitrogens is 4. The Balaban J connectivity index is 1.72. The van der Waals surface area contributed by atoms with Gasteiger partial charge >= 0.3 is 0 Å². The third-order valence-corrected chi connectivity index (χ3v) is 3.48. The van der Waals surface area contributed by atoms with Crippen molar-refractivity contribution in [1.82, 2.24) is 25.3 Å². The van der Waals surface area contributed by atoms with E-state index in [9.17, 15) is 0 Å². The second-order valence-corrected chi connectivity index (χ2v) is 4.93. The SMILES string of the molecule is CCn1cc(C(C)NCCCc2cn[nH]c2C)cn1. The maximum absolute atomic E-state index is 4.30. The van der Waals surface area contributed by atoms with Crippen LogP contribution >= 0.6 is 0 Å². The van der Waals surface area contributed by atoms with Crippen LogP contribution in [0.2, 0.25) is 0 Å². The molecule has 0 radical (unpaired) electrons. The van der Waals surface area contributed by atoms with E-state index in [2.05, 4.69) is 47.6 Å². The molecule has 0 aliphatic carbocycles. The lowest BCUT2D eigenvalue weighted by atomic mass is 10.1. The van der Waals surface area contributed by atoms with E-state index in [0.29, 0.717) is 6.04 Å². The Morgan fingerprint density at radius 2 is 2.26 bits per heavy atom. The molecule has 0 saturated heterocycles. The molecule has 2 rings (SSSR count). The molecule has 0 spiro atoms. The molecule has 0 aromatic carbocycles. The minimum absolute atomic E-state index is 0.353. The van der Waals surface area contributed by atoms with Crippen molar-refractivity contribution in [3.8, 4) is 0 Å². The van der Waals surface area contributed by atoms with Gasteiger partial charge in [-0.25, -0.2) is 0 Å². The number of nitrogens with zero attached hydrogens (tertiary/aromatic N) is 3. The molecule has 0 aliphatic rings. The zero-order chi connectivity index (χ0) is 13.7. The highest BCUT2D eigenvalue weighted by atomic mass is 15.3. The number of aryl methyl sites for hydroxylation is 3. The summed E-state index contributed by atoms with van der Waals surface area (Å²) in [6.45, 7) is 8.27. The lowest BCUT2D eigenvalue weighted by Gasteiger charge is -2.11. The summed E-state index contributed by atoms with van der Waals surface area (Å²) < 4.78 is 1.96. The molecule has 0 aliphatic heterocycles. The van der Waals surface area contributed by atoms with Gasteiger partial charge < -0.3 is 5.32 Å². The summed E-state index contributed by atoms with van der Waals surface area (Å²) in [6, 6.07) is 0.353. The second kappa shape index (κ2) is 6.52. The monoisotopic (exact) mass is 261 g/mol. The lowest BCUT2D eigenvalue weighted by Crippen LogP contribution is -2.20. The number of hydrogen-bond donors (Lipinski definition) is 2. The number of H-pyrrole nitrogens is 1. The number of hydrogen-bond acceptors (Lipinski definition) is 3. The average Bonchev–Trinajstić information content (AvgIpc) is 3.03. The number of nitrogens with one attached hydrogen (secondary N) is 2. The molecule has 104 valence electrons. The quantitative estimate of drug-likeness (QED) is 0.751. The van der Waals surface area contributed by atoms with Gasteiger partial charge in [0, 0.05) is 30.0 Å². The minimum atomic E-state index is 0.353. The van der Waals surface area contributed by atoms with E-state index in [1.54, 1.807) is 0 Å². The Morgan fingerprint density at radius 3 is 2.89 bits per heavy atom. The molecule has 5 heteroatoms. The van der Waals surface area contributed by atoms with Crippen molar-refractivity contribution >= 4 is 0 Å². The van der Waals surface area contributed by atoms with Crippen molar-refractivity contribution in [2.24, 2.45) is 0 Å². The fourth-order valence-electron chi connectivity index (χ4n) is 2.12. The van der Waals surface area contributed by atoms with Gasteiger partial charge in [-0.05, 0) is 45.7 Å². The van der Waals surface area contributed by atoms with Crippen LogP contribution in [0.4, 0.5) is 0 Å². The van der Waals surface area contributed by atoms with Crippen LogP contribution in [0.5, 0.6) is 0 Å². The molecule has 2 aromatic heterocycles. The summed E-state index contributed by atoms with van der Waals surface area (Å²) in [5.74, 6) is 0. The van der Waals surface area contributed by atoms with Crippen molar-refractivity contribution < 1.29 is 0 Å². The van der Waals surface area contributed by atoms with Crippen molar-refractivity contribution in [1.29, 1.82) is 0 Å². The first kappa shape index (κ1) is 13.8. The Kier molecular flexibility index (Phi) is 4.74. The smallest absolute Gasteiger partial charge is 0.0537 e. The molecule has 1 unspecified atom stereocenters. The average molecular weight is 261 g/mol. The summed E-state index contributed by atoms with van der Waals surface area (Å²) in [4.78, 5) is 0. The van der Waals surface area contributed by atoms with Crippen LogP contribution in [-0.4, -0.2) is 26.5 Å². The first-order chi connectivity index (χ1) is 9.20. The highest BCUT2D eigenvalue weighted by Gasteiger charge is 2.07. The third-order valence-electron chi connectivity index (χ3n) is 3.48. The van der Waals surface area contributed by atoms with Gasteiger partial charge in [0.2, 0.25) is 0 Å². The van der Waals surface area contributed by atoms with Gasteiger partial charge in [0.1, 0.15) is 0 Å². The molecule has 5 nitrogen and oxygen atoms in total. The number of rotatable bonds is 7. The number of aromatic amines is 1. The van der Waals surface area contributed by atoms with Crippen LogP contribution < -0.4 is 5.32 Å². The summed E-state index contributed by atoms with van der Waals surface area (Å²) in [5, 5.41) is 14.8. The van der Waals surface area contributed by atoms with E-state index in [1.807, 2.05) is 17.1 Å². The zero-order valence-electron chi connectivity index (χ0n) is 12.0. The third kappa shape index (κ3) is 3.67.